The van der Waals surface area contributed by atoms with Crippen LogP contribution in [0.2, 0.25) is 0 Å². The Bertz CT molecular complexity index is 775. The predicted molar refractivity (Wildman–Crippen MR) is 81.3 cm³/mol. The van der Waals surface area contributed by atoms with Crippen LogP contribution in [0.15, 0.2) is 42.5 Å². The molecule has 0 radical (unpaired) electrons. The fourth-order valence-electron chi connectivity index (χ4n) is 2.10. The Morgan fingerprint density at radius 3 is 2.76 bits per heavy atom. The van der Waals surface area contributed by atoms with Crippen LogP contribution < -0.4 is 11.3 Å². The van der Waals surface area contributed by atoms with Gasteiger partial charge in [-0.15, -0.1) is 0 Å². The van der Waals surface area contributed by atoms with E-state index in [-0.39, 0.29) is 0 Å². The second-order valence-corrected chi connectivity index (χ2v) is 4.53. The molecule has 0 aliphatic carbocycles. The van der Waals surface area contributed by atoms with Gasteiger partial charge in [0.25, 0.3) is 0 Å². The number of pyridine rings is 1. The van der Waals surface area contributed by atoms with Crippen LogP contribution in [0.4, 0.5) is 5.82 Å². The summed E-state index contributed by atoms with van der Waals surface area (Å²) < 4.78 is 5.11. The number of hydrazine groups is 1. The van der Waals surface area contributed by atoms with Crippen molar-refractivity contribution in [3.63, 3.8) is 0 Å². The lowest BCUT2D eigenvalue weighted by Gasteiger charge is -2.07. The molecule has 2 heterocycles. The summed E-state index contributed by atoms with van der Waals surface area (Å²) >= 11 is 0. The van der Waals surface area contributed by atoms with Crippen molar-refractivity contribution in [3.8, 4) is 11.5 Å². The summed E-state index contributed by atoms with van der Waals surface area (Å²) in [5, 5.41) is 1.08. The van der Waals surface area contributed by atoms with Gasteiger partial charge in [0.15, 0.2) is 5.82 Å². The number of benzene rings is 1. The van der Waals surface area contributed by atoms with Crippen molar-refractivity contribution >= 4 is 16.7 Å². The number of nitrogens with one attached hydrogen (secondary N) is 1. The average Bonchev–Trinajstić information content (AvgIpc) is 2.54. The van der Waals surface area contributed by atoms with Crippen molar-refractivity contribution in [1.29, 1.82) is 0 Å². The number of para-hydroxylation sites is 1. The van der Waals surface area contributed by atoms with E-state index in [1.807, 2.05) is 36.4 Å². The van der Waals surface area contributed by atoms with Crippen LogP contribution >= 0.6 is 0 Å². The summed E-state index contributed by atoms with van der Waals surface area (Å²) in [6, 6.07) is 13.5. The quantitative estimate of drug-likeness (QED) is 0.563. The van der Waals surface area contributed by atoms with Gasteiger partial charge in [-0.05, 0) is 12.1 Å². The average molecular weight is 281 g/mol. The molecule has 3 aromatic rings. The van der Waals surface area contributed by atoms with E-state index < -0.39 is 0 Å². The minimum absolute atomic E-state index is 0.387. The van der Waals surface area contributed by atoms with Crippen molar-refractivity contribution in [3.05, 3.63) is 48.2 Å². The normalized spacial score (nSPS) is 10.8. The molecular formula is C15H15N5O. The third kappa shape index (κ3) is 2.81. The van der Waals surface area contributed by atoms with E-state index in [1.165, 1.54) is 0 Å². The maximum absolute atomic E-state index is 5.45. The summed E-state index contributed by atoms with van der Waals surface area (Å²) in [6.07, 6.45) is 0. The summed E-state index contributed by atoms with van der Waals surface area (Å²) in [7, 11) is 1.62. The Balaban J connectivity index is 2.10. The number of methoxy groups -OCH3 is 1. The Kier molecular flexibility index (Phi) is 3.72. The van der Waals surface area contributed by atoms with Crippen LogP contribution in [0.25, 0.3) is 22.4 Å². The highest BCUT2D eigenvalue weighted by molar-refractivity contribution is 5.80. The molecule has 6 nitrogen and oxygen atoms in total. The summed E-state index contributed by atoms with van der Waals surface area (Å²) in [5.74, 6) is 6.50. The Morgan fingerprint density at radius 2 is 1.95 bits per heavy atom. The molecule has 0 bridgehead atoms. The molecule has 1 aromatic carbocycles. The van der Waals surface area contributed by atoms with Gasteiger partial charge in [-0.1, -0.05) is 24.3 Å². The SMILES string of the molecule is COCc1cc(NN)nc(-c2ccc3ccccc3n2)n1. The molecule has 3 rings (SSSR count). The van der Waals surface area contributed by atoms with Gasteiger partial charge in [0.1, 0.15) is 11.5 Å². The van der Waals surface area contributed by atoms with Gasteiger partial charge in [0.05, 0.1) is 17.8 Å². The third-order valence-electron chi connectivity index (χ3n) is 3.05. The minimum Gasteiger partial charge on any atom is -0.378 e. The van der Waals surface area contributed by atoms with Gasteiger partial charge in [-0.25, -0.2) is 20.8 Å². The van der Waals surface area contributed by atoms with Crippen molar-refractivity contribution in [2.24, 2.45) is 5.84 Å². The lowest BCUT2D eigenvalue weighted by Crippen LogP contribution is -2.11. The Hall–Kier alpha value is -2.57. The van der Waals surface area contributed by atoms with Crippen molar-refractivity contribution < 1.29 is 4.74 Å². The molecule has 3 N–H and O–H groups in total. The molecule has 0 fully saturated rings. The number of nitrogens with two attached hydrogens (primary N) is 1. The zero-order chi connectivity index (χ0) is 14.7. The largest absolute Gasteiger partial charge is 0.378 e. The molecule has 0 aliphatic heterocycles. The first-order chi connectivity index (χ1) is 10.3. The van der Waals surface area contributed by atoms with Crippen LogP contribution in [-0.4, -0.2) is 22.1 Å². The van der Waals surface area contributed by atoms with Crippen molar-refractivity contribution in [1.82, 2.24) is 15.0 Å². The zero-order valence-electron chi connectivity index (χ0n) is 11.6. The summed E-state index contributed by atoms with van der Waals surface area (Å²) in [6.45, 7) is 0.387. The molecular weight excluding hydrogens is 266 g/mol. The van der Waals surface area contributed by atoms with Gasteiger partial charge in [-0.2, -0.15) is 0 Å². The Morgan fingerprint density at radius 1 is 1.10 bits per heavy atom. The van der Waals surface area contributed by atoms with Crippen LogP contribution in [0.3, 0.4) is 0 Å². The number of ether oxygens (including phenoxy) is 1. The molecule has 0 saturated heterocycles. The number of fused-ring (bicyclic) bond motifs is 1. The highest BCUT2D eigenvalue weighted by Crippen LogP contribution is 2.20. The second-order valence-electron chi connectivity index (χ2n) is 4.53. The van der Waals surface area contributed by atoms with E-state index in [2.05, 4.69) is 20.4 Å². The number of hydrogen-bond donors (Lipinski definition) is 2. The molecule has 0 amide bonds. The van der Waals surface area contributed by atoms with Crippen LogP contribution in [0.5, 0.6) is 0 Å². The van der Waals surface area contributed by atoms with Crippen molar-refractivity contribution in [2.75, 3.05) is 12.5 Å². The first-order valence-corrected chi connectivity index (χ1v) is 6.50. The number of anilines is 1. The van der Waals surface area contributed by atoms with Gasteiger partial charge < -0.3 is 10.2 Å². The van der Waals surface area contributed by atoms with E-state index in [0.717, 1.165) is 16.6 Å². The van der Waals surface area contributed by atoms with Crippen molar-refractivity contribution in [2.45, 2.75) is 6.61 Å². The van der Waals surface area contributed by atoms with Crippen LogP contribution in [0, 0.1) is 0 Å². The van der Waals surface area contributed by atoms with E-state index in [1.54, 1.807) is 13.2 Å². The molecule has 6 heteroatoms. The monoisotopic (exact) mass is 281 g/mol. The fraction of sp³-hybridized carbons (Fsp3) is 0.133. The number of aromatic nitrogens is 3. The first kappa shape index (κ1) is 13.4. The number of hydrogen-bond acceptors (Lipinski definition) is 6. The predicted octanol–water partition coefficient (Wildman–Crippen LogP) is 2.12. The topological polar surface area (TPSA) is 86.0 Å². The summed E-state index contributed by atoms with van der Waals surface area (Å²) in [5.41, 5.74) is 4.88. The third-order valence-corrected chi connectivity index (χ3v) is 3.05. The number of rotatable bonds is 4. The molecule has 2 aromatic heterocycles. The number of nitrogen functional groups attached to an aromatic ring is 1. The van der Waals surface area contributed by atoms with Gasteiger partial charge in [0.2, 0.25) is 0 Å². The minimum atomic E-state index is 0.387. The van der Waals surface area contributed by atoms with E-state index in [4.69, 9.17) is 10.6 Å². The molecule has 0 atom stereocenters. The molecule has 0 unspecified atom stereocenters. The summed E-state index contributed by atoms with van der Waals surface area (Å²) in [4.78, 5) is 13.4. The molecule has 0 saturated carbocycles. The fourth-order valence-corrected chi connectivity index (χ4v) is 2.10. The lowest BCUT2D eigenvalue weighted by molar-refractivity contribution is 0.181. The lowest BCUT2D eigenvalue weighted by atomic mass is 10.2. The molecule has 106 valence electrons. The zero-order valence-corrected chi connectivity index (χ0v) is 11.6. The highest BCUT2D eigenvalue weighted by Gasteiger charge is 2.08. The highest BCUT2D eigenvalue weighted by atomic mass is 16.5. The smallest absolute Gasteiger partial charge is 0.180 e. The maximum atomic E-state index is 5.45. The number of nitrogens with zero attached hydrogens (tertiary/aromatic N) is 3. The second kappa shape index (κ2) is 5.82. The van der Waals surface area contributed by atoms with E-state index >= 15 is 0 Å². The molecule has 0 aliphatic rings. The van der Waals surface area contributed by atoms with E-state index in [9.17, 15) is 0 Å². The van der Waals surface area contributed by atoms with Gasteiger partial charge in [-0.3, -0.25) is 0 Å². The van der Waals surface area contributed by atoms with E-state index in [0.29, 0.717) is 23.9 Å². The van der Waals surface area contributed by atoms with Crippen LogP contribution in [0.1, 0.15) is 5.69 Å². The molecule has 0 spiro atoms. The molecule has 21 heavy (non-hydrogen) atoms. The first-order valence-electron chi connectivity index (χ1n) is 6.50. The maximum Gasteiger partial charge on any atom is 0.180 e. The standard InChI is InChI=1S/C15H15N5O/c1-21-9-11-8-14(20-16)19-15(17-11)13-7-6-10-4-2-3-5-12(10)18-13/h2-8H,9,16H2,1H3,(H,17,19,20). The Labute approximate surface area is 122 Å². The van der Waals surface area contributed by atoms with Crippen LogP contribution in [-0.2, 0) is 11.3 Å². The van der Waals surface area contributed by atoms with Gasteiger partial charge >= 0.3 is 0 Å². The van der Waals surface area contributed by atoms with Gasteiger partial charge in [0, 0.05) is 18.6 Å².